The highest BCUT2D eigenvalue weighted by Gasteiger charge is 2.39. The fourth-order valence-electron chi connectivity index (χ4n) is 3.81. The quantitative estimate of drug-likeness (QED) is 0.835. The minimum absolute atomic E-state index is 0.0484. The Bertz CT molecular complexity index is 683. The number of ether oxygens (including phenoxy) is 1. The lowest BCUT2D eigenvalue weighted by Gasteiger charge is -2.43. The van der Waals surface area contributed by atoms with Gasteiger partial charge in [0.25, 0.3) is 0 Å². The number of rotatable bonds is 2. The first kappa shape index (κ1) is 15.8. The van der Waals surface area contributed by atoms with Gasteiger partial charge >= 0.3 is 0 Å². The number of aromatic nitrogens is 2. The third-order valence-electron chi connectivity index (χ3n) is 4.89. The summed E-state index contributed by atoms with van der Waals surface area (Å²) in [7, 11) is 0. The molecule has 128 valence electrons. The second-order valence-corrected chi connectivity index (χ2v) is 7.51. The van der Waals surface area contributed by atoms with E-state index in [2.05, 4.69) is 20.0 Å². The summed E-state index contributed by atoms with van der Waals surface area (Å²) in [5.41, 5.74) is 2.76. The van der Waals surface area contributed by atoms with Crippen LogP contribution in [0, 0.1) is 11.2 Å². The van der Waals surface area contributed by atoms with Crippen LogP contribution in [0.4, 0.5) is 15.2 Å². The van der Waals surface area contributed by atoms with Crippen molar-refractivity contribution in [1.29, 1.82) is 0 Å². The van der Waals surface area contributed by atoms with Crippen molar-refractivity contribution >= 4 is 22.2 Å². The van der Waals surface area contributed by atoms with Crippen LogP contribution in [-0.4, -0.2) is 49.6 Å². The van der Waals surface area contributed by atoms with Gasteiger partial charge in [-0.2, -0.15) is 0 Å². The lowest BCUT2D eigenvalue weighted by molar-refractivity contribution is 0.0598. The zero-order chi connectivity index (χ0) is 16.4. The maximum absolute atomic E-state index is 13.6. The lowest BCUT2D eigenvalue weighted by atomic mass is 9.80. The minimum Gasteiger partial charge on any atom is -0.379 e. The summed E-state index contributed by atoms with van der Waals surface area (Å²) in [4.78, 5) is 4.58. The highest BCUT2D eigenvalue weighted by molar-refractivity contribution is 7.13. The van der Waals surface area contributed by atoms with Crippen LogP contribution in [0.15, 0.2) is 29.8 Å². The highest BCUT2D eigenvalue weighted by atomic mass is 32.1. The highest BCUT2D eigenvalue weighted by Crippen LogP contribution is 2.36. The van der Waals surface area contributed by atoms with E-state index in [1.165, 1.54) is 6.07 Å². The molecule has 3 heterocycles. The molecule has 1 unspecified atom stereocenters. The number of benzene rings is 1. The molecule has 4 rings (SSSR count). The standard InChI is InChI=1S/C17H21FN4OS/c18-14-3-1-4-15(9-14)21-7-8-23-12-17(10-21)5-2-6-22(11-17)16-20-19-13-24-16/h1,3-4,9,13H,2,5-8,10-12H2. The van der Waals surface area contributed by atoms with E-state index in [4.69, 9.17) is 4.74 Å². The first-order valence-corrected chi connectivity index (χ1v) is 9.22. The van der Waals surface area contributed by atoms with Gasteiger partial charge in [0, 0.05) is 37.3 Å². The molecule has 0 amide bonds. The molecule has 2 saturated heterocycles. The molecule has 1 spiro atoms. The Balaban J connectivity index is 1.57. The maximum Gasteiger partial charge on any atom is 0.208 e. The number of anilines is 2. The normalized spacial score (nSPS) is 25.0. The van der Waals surface area contributed by atoms with Gasteiger partial charge in [-0.1, -0.05) is 17.4 Å². The van der Waals surface area contributed by atoms with E-state index in [0.29, 0.717) is 6.61 Å². The van der Waals surface area contributed by atoms with Crippen molar-refractivity contribution in [3.8, 4) is 0 Å². The molecule has 24 heavy (non-hydrogen) atoms. The van der Waals surface area contributed by atoms with Crippen molar-refractivity contribution in [3.05, 3.63) is 35.6 Å². The number of hydrogen-bond donors (Lipinski definition) is 0. The molecule has 1 aromatic carbocycles. The van der Waals surface area contributed by atoms with Gasteiger partial charge < -0.3 is 14.5 Å². The van der Waals surface area contributed by atoms with Crippen LogP contribution in [0.5, 0.6) is 0 Å². The van der Waals surface area contributed by atoms with Crippen molar-refractivity contribution in [2.24, 2.45) is 5.41 Å². The van der Waals surface area contributed by atoms with Gasteiger partial charge in [0.15, 0.2) is 0 Å². The summed E-state index contributed by atoms with van der Waals surface area (Å²) in [6.07, 6.45) is 2.23. The Morgan fingerprint density at radius 3 is 2.96 bits per heavy atom. The van der Waals surface area contributed by atoms with Crippen LogP contribution < -0.4 is 9.80 Å². The van der Waals surface area contributed by atoms with Crippen molar-refractivity contribution in [3.63, 3.8) is 0 Å². The Morgan fingerprint density at radius 2 is 2.12 bits per heavy atom. The van der Waals surface area contributed by atoms with Crippen LogP contribution in [0.25, 0.3) is 0 Å². The van der Waals surface area contributed by atoms with Crippen LogP contribution in [0.3, 0.4) is 0 Å². The summed E-state index contributed by atoms with van der Waals surface area (Å²) in [5.74, 6) is -0.189. The van der Waals surface area contributed by atoms with E-state index in [9.17, 15) is 4.39 Å². The van der Waals surface area contributed by atoms with Crippen molar-refractivity contribution in [1.82, 2.24) is 10.2 Å². The Morgan fingerprint density at radius 1 is 1.21 bits per heavy atom. The summed E-state index contributed by atoms with van der Waals surface area (Å²) in [5, 5.41) is 9.17. The van der Waals surface area contributed by atoms with Gasteiger partial charge in [-0.3, -0.25) is 0 Å². The van der Waals surface area contributed by atoms with Crippen molar-refractivity contribution < 1.29 is 9.13 Å². The Labute approximate surface area is 145 Å². The molecule has 1 aromatic heterocycles. The zero-order valence-corrected chi connectivity index (χ0v) is 14.3. The summed E-state index contributed by atoms with van der Waals surface area (Å²) >= 11 is 1.58. The number of hydrogen-bond acceptors (Lipinski definition) is 6. The SMILES string of the molecule is Fc1cccc(N2CCOCC3(CCCN(c4nncs4)C3)C2)c1. The number of halogens is 1. The molecule has 2 fully saturated rings. The van der Waals surface area contributed by atoms with E-state index in [1.807, 2.05) is 6.07 Å². The molecule has 0 saturated carbocycles. The average Bonchev–Trinajstić information content (AvgIpc) is 3.05. The molecule has 7 heteroatoms. The largest absolute Gasteiger partial charge is 0.379 e. The topological polar surface area (TPSA) is 41.5 Å². The van der Waals surface area contributed by atoms with E-state index in [0.717, 1.165) is 56.4 Å². The molecule has 0 bridgehead atoms. The fraction of sp³-hybridized carbons (Fsp3) is 0.529. The van der Waals surface area contributed by atoms with Gasteiger partial charge in [0.1, 0.15) is 11.3 Å². The zero-order valence-electron chi connectivity index (χ0n) is 13.5. The van der Waals surface area contributed by atoms with Gasteiger partial charge in [-0.05, 0) is 31.0 Å². The van der Waals surface area contributed by atoms with Gasteiger partial charge in [-0.15, -0.1) is 10.2 Å². The molecule has 2 aliphatic rings. The van der Waals surface area contributed by atoms with E-state index in [-0.39, 0.29) is 11.2 Å². The predicted molar refractivity (Wildman–Crippen MR) is 93.2 cm³/mol. The predicted octanol–water partition coefficient (Wildman–Crippen LogP) is 2.80. The van der Waals surface area contributed by atoms with Crippen molar-refractivity contribution in [2.75, 3.05) is 49.2 Å². The number of piperidine rings is 1. The summed E-state index contributed by atoms with van der Waals surface area (Å²) < 4.78 is 19.6. The van der Waals surface area contributed by atoms with E-state index >= 15 is 0 Å². The fourth-order valence-corrected chi connectivity index (χ4v) is 4.40. The molecule has 0 aliphatic carbocycles. The van der Waals surface area contributed by atoms with Crippen LogP contribution >= 0.6 is 11.3 Å². The third-order valence-corrected chi connectivity index (χ3v) is 5.64. The Hall–Kier alpha value is -1.73. The van der Waals surface area contributed by atoms with Gasteiger partial charge in [-0.25, -0.2) is 4.39 Å². The van der Waals surface area contributed by atoms with Crippen LogP contribution in [0.1, 0.15) is 12.8 Å². The maximum atomic E-state index is 13.6. The lowest BCUT2D eigenvalue weighted by Crippen LogP contribution is -2.50. The molecular weight excluding hydrogens is 327 g/mol. The molecule has 0 N–H and O–H groups in total. The molecule has 2 aliphatic heterocycles. The third kappa shape index (κ3) is 3.23. The van der Waals surface area contributed by atoms with Gasteiger partial charge in [0.2, 0.25) is 5.13 Å². The first-order valence-electron chi connectivity index (χ1n) is 8.34. The van der Waals surface area contributed by atoms with Gasteiger partial charge in [0.05, 0.1) is 13.2 Å². The monoisotopic (exact) mass is 348 g/mol. The van der Waals surface area contributed by atoms with E-state index < -0.39 is 0 Å². The molecule has 1 atom stereocenters. The van der Waals surface area contributed by atoms with Crippen LogP contribution in [-0.2, 0) is 4.74 Å². The minimum atomic E-state index is -0.189. The summed E-state index contributed by atoms with van der Waals surface area (Å²) in [6, 6.07) is 6.86. The first-order chi connectivity index (χ1) is 11.7. The molecule has 5 nitrogen and oxygen atoms in total. The average molecular weight is 348 g/mol. The van der Waals surface area contributed by atoms with E-state index in [1.54, 1.807) is 29.0 Å². The van der Waals surface area contributed by atoms with Crippen molar-refractivity contribution in [2.45, 2.75) is 12.8 Å². The second kappa shape index (κ2) is 6.64. The summed E-state index contributed by atoms with van der Waals surface area (Å²) in [6.45, 7) is 5.02. The molecule has 2 aromatic rings. The molecular formula is C17H21FN4OS. The smallest absolute Gasteiger partial charge is 0.208 e. The van der Waals surface area contributed by atoms with Crippen LogP contribution in [0.2, 0.25) is 0 Å². The molecule has 0 radical (unpaired) electrons. The Kier molecular flexibility index (Phi) is 4.37. The second-order valence-electron chi connectivity index (χ2n) is 6.70. The number of nitrogens with zero attached hydrogens (tertiary/aromatic N) is 4.